The molecule has 0 aromatic carbocycles. The summed E-state index contributed by atoms with van der Waals surface area (Å²) >= 11 is -1.12. The molecule has 13 heavy (non-hydrogen) atoms. The fourth-order valence-electron chi connectivity index (χ4n) is 1.24. The summed E-state index contributed by atoms with van der Waals surface area (Å²) < 4.78 is 2.88. The van der Waals surface area contributed by atoms with E-state index in [-0.39, 0.29) is 0 Å². The van der Waals surface area contributed by atoms with E-state index < -0.39 is 24.6 Å². The molecular weight excluding hydrogens is 349 g/mol. The molecule has 0 N–H and O–H groups in total. The van der Waals surface area contributed by atoms with Gasteiger partial charge < -0.3 is 0 Å². The molecule has 2 rings (SSSR count). The third-order valence-corrected chi connectivity index (χ3v) is 8.28. The number of nitrogens with zero attached hydrogens (tertiary/aromatic N) is 2. The quantitative estimate of drug-likeness (QED) is 0.733. The van der Waals surface area contributed by atoms with Crippen molar-refractivity contribution in [2.24, 2.45) is 0 Å². The maximum atomic E-state index is 4.12. The summed E-state index contributed by atoms with van der Waals surface area (Å²) in [6.07, 6.45) is 7.60. The van der Waals surface area contributed by atoms with E-state index in [1.54, 1.807) is 0 Å². The van der Waals surface area contributed by atoms with E-state index in [9.17, 15) is 0 Å². The van der Waals surface area contributed by atoms with Gasteiger partial charge in [0, 0.05) is 0 Å². The zero-order valence-electron chi connectivity index (χ0n) is 7.22. The Morgan fingerprint density at radius 2 is 1.38 bits per heavy atom. The van der Waals surface area contributed by atoms with Gasteiger partial charge in [0.1, 0.15) is 0 Å². The Morgan fingerprint density at radius 1 is 0.846 bits per heavy atom. The molecule has 0 saturated heterocycles. The van der Waals surface area contributed by atoms with Gasteiger partial charge in [-0.05, 0) is 0 Å². The molecule has 0 bridgehead atoms. The number of hydrogen-bond donors (Lipinski definition) is 0. The normalized spacial score (nSPS) is 9.23. The van der Waals surface area contributed by atoms with E-state index in [1.807, 2.05) is 36.9 Å². The van der Waals surface area contributed by atoms with Crippen molar-refractivity contribution in [1.29, 1.82) is 0 Å². The predicted octanol–water partition coefficient (Wildman–Crippen LogP) is 0.510. The van der Waals surface area contributed by atoms with Crippen LogP contribution in [0.15, 0.2) is 49.1 Å². The zero-order valence-corrected chi connectivity index (χ0v) is 12.7. The monoisotopic (exact) mass is 358 g/mol. The van der Waals surface area contributed by atoms with Crippen LogP contribution in [0.4, 0.5) is 0 Å². The summed E-state index contributed by atoms with van der Waals surface area (Å²) in [5.41, 5.74) is 0. The summed E-state index contributed by atoms with van der Waals surface area (Å²) in [5.74, 6) is 0. The third kappa shape index (κ3) is 2.59. The molecule has 0 atom stereocenters. The third-order valence-electron chi connectivity index (χ3n) is 1.85. The first-order chi connectivity index (χ1) is 6.45. The molecule has 0 aliphatic heterocycles. The average Bonchev–Trinajstić information content (AvgIpc) is 2.21. The van der Waals surface area contributed by atoms with Crippen molar-refractivity contribution >= 4 is 6.14 Å². The van der Waals surface area contributed by atoms with Gasteiger partial charge in [-0.1, -0.05) is 0 Å². The van der Waals surface area contributed by atoms with Crippen molar-refractivity contribution in [2.75, 3.05) is 0 Å². The molecule has 2 aromatic rings. The van der Waals surface area contributed by atoms with Crippen LogP contribution in [0.25, 0.3) is 0 Å². The van der Waals surface area contributed by atoms with Gasteiger partial charge in [0.15, 0.2) is 0 Å². The molecule has 60 valence electrons. The van der Waals surface area contributed by atoms with E-state index in [2.05, 4.69) is 22.1 Å². The zero-order chi connectivity index (χ0) is 8.93. The summed E-state index contributed by atoms with van der Waals surface area (Å²) in [7, 11) is 0. The second-order valence-corrected chi connectivity index (χ2v) is 10.6. The van der Waals surface area contributed by atoms with E-state index in [0.717, 1.165) is 0 Å². The first-order valence-corrected chi connectivity index (χ1v) is 9.73. The second kappa shape index (κ2) is 4.47. The van der Waals surface area contributed by atoms with Crippen LogP contribution >= 0.6 is 0 Å². The second-order valence-electron chi connectivity index (χ2n) is 2.90. The van der Waals surface area contributed by atoms with Gasteiger partial charge in [-0.15, -0.1) is 0 Å². The number of aromatic nitrogens is 2. The molecule has 0 radical (unpaired) electrons. The molecule has 3 heteroatoms. The molecule has 0 aliphatic carbocycles. The van der Waals surface area contributed by atoms with Crippen molar-refractivity contribution in [1.82, 2.24) is 9.97 Å². The minimum atomic E-state index is -1.12. The molecule has 0 saturated carbocycles. The van der Waals surface area contributed by atoms with E-state index in [1.165, 1.54) is 6.14 Å². The molecule has 2 heterocycles. The van der Waals surface area contributed by atoms with Gasteiger partial charge in [-0.3, -0.25) is 0 Å². The standard InChI is InChI=1S/2C5H4N.Hg/c2*1-2-4-6-5-3-1;/h2*1-2,4-5H;. The topological polar surface area (TPSA) is 25.8 Å². The van der Waals surface area contributed by atoms with Crippen molar-refractivity contribution in [3.05, 3.63) is 49.1 Å². The molecule has 2 aromatic heterocycles. The minimum absolute atomic E-state index is 1.12. The van der Waals surface area contributed by atoms with Crippen molar-refractivity contribution in [2.45, 2.75) is 0 Å². The molecule has 0 spiro atoms. The number of rotatable bonds is 2. The summed E-state index contributed by atoms with van der Waals surface area (Å²) in [6.45, 7) is 0. The Bertz CT molecular complexity index is 324. The summed E-state index contributed by atoms with van der Waals surface area (Å²) in [5, 5.41) is 0. The van der Waals surface area contributed by atoms with Crippen LogP contribution in [-0.4, -0.2) is 9.97 Å². The van der Waals surface area contributed by atoms with Crippen molar-refractivity contribution in [3.63, 3.8) is 0 Å². The van der Waals surface area contributed by atoms with E-state index in [0.29, 0.717) is 0 Å². The van der Waals surface area contributed by atoms with Gasteiger partial charge in [0.2, 0.25) is 0 Å². The van der Waals surface area contributed by atoms with Crippen LogP contribution in [0.5, 0.6) is 0 Å². The Balaban J connectivity index is 2.16. The van der Waals surface area contributed by atoms with Gasteiger partial charge in [-0.25, -0.2) is 0 Å². The fraction of sp³-hybridized carbons (Fsp3) is 0. The van der Waals surface area contributed by atoms with Crippen LogP contribution in [0.1, 0.15) is 0 Å². The molecular formula is C10H8HgN2. The van der Waals surface area contributed by atoms with Crippen LogP contribution in [-0.2, 0) is 24.6 Å². The molecule has 0 unspecified atom stereocenters. The van der Waals surface area contributed by atoms with Crippen LogP contribution in [0, 0.1) is 0 Å². The van der Waals surface area contributed by atoms with E-state index in [4.69, 9.17) is 0 Å². The SMILES string of the molecule is c1cnc[c]([Hg][c]2cccnc2)c1. The predicted molar refractivity (Wildman–Crippen MR) is 47.7 cm³/mol. The van der Waals surface area contributed by atoms with Crippen LogP contribution in [0.3, 0.4) is 0 Å². The van der Waals surface area contributed by atoms with Gasteiger partial charge in [0.05, 0.1) is 0 Å². The van der Waals surface area contributed by atoms with Gasteiger partial charge in [0.25, 0.3) is 0 Å². The fourth-order valence-corrected chi connectivity index (χ4v) is 6.58. The summed E-state index contributed by atoms with van der Waals surface area (Å²) in [6, 6.07) is 8.35. The molecule has 2 nitrogen and oxygen atoms in total. The van der Waals surface area contributed by atoms with Gasteiger partial charge in [-0.2, -0.15) is 0 Å². The maximum absolute atomic E-state index is 4.12. The molecule has 0 amide bonds. The first kappa shape index (κ1) is 8.82. The van der Waals surface area contributed by atoms with Crippen molar-refractivity contribution < 1.29 is 24.6 Å². The number of hydrogen-bond acceptors (Lipinski definition) is 2. The number of pyridine rings is 2. The van der Waals surface area contributed by atoms with Crippen molar-refractivity contribution in [3.8, 4) is 0 Å². The Morgan fingerprint density at radius 3 is 1.77 bits per heavy atom. The van der Waals surface area contributed by atoms with Crippen LogP contribution in [0.2, 0.25) is 0 Å². The first-order valence-electron chi connectivity index (χ1n) is 4.23. The average molecular weight is 357 g/mol. The van der Waals surface area contributed by atoms with Crippen LogP contribution < -0.4 is 6.14 Å². The Hall–Kier alpha value is -0.765. The molecule has 0 fully saturated rings. The Kier molecular flexibility index (Phi) is 3.03. The van der Waals surface area contributed by atoms with Gasteiger partial charge >= 0.3 is 89.7 Å². The Labute approximate surface area is 89.5 Å². The van der Waals surface area contributed by atoms with E-state index >= 15 is 0 Å². The summed E-state index contributed by atoms with van der Waals surface area (Å²) in [4.78, 5) is 8.23. The molecule has 0 aliphatic rings.